The van der Waals surface area contributed by atoms with Crippen molar-refractivity contribution in [2.45, 2.75) is 52.2 Å². The minimum absolute atomic E-state index is 0.0272. The van der Waals surface area contributed by atoms with E-state index in [4.69, 9.17) is 20.9 Å². The van der Waals surface area contributed by atoms with Crippen molar-refractivity contribution < 1.29 is 14.1 Å². The fourth-order valence-corrected chi connectivity index (χ4v) is 4.74. The van der Waals surface area contributed by atoms with Crippen molar-refractivity contribution in [2.75, 3.05) is 4.90 Å². The molecule has 1 aliphatic carbocycles. The van der Waals surface area contributed by atoms with Crippen LogP contribution in [0.15, 0.2) is 35.0 Å². The van der Waals surface area contributed by atoms with Crippen molar-refractivity contribution in [2.24, 2.45) is 5.92 Å². The first-order valence-corrected chi connectivity index (χ1v) is 10.9. The van der Waals surface area contributed by atoms with Gasteiger partial charge >= 0.3 is 0 Å². The second-order valence-corrected chi connectivity index (χ2v) is 8.83. The number of carbonyl (C=O) groups excluding carboxylic acids is 1. The maximum Gasteiger partial charge on any atom is 0.258 e. The third-order valence-corrected chi connectivity index (χ3v) is 6.26. The Kier molecular flexibility index (Phi) is 4.93. The average Bonchev–Trinajstić information content (AvgIpc) is 3.46. The van der Waals surface area contributed by atoms with Crippen molar-refractivity contribution in [3.8, 4) is 28.7 Å². The van der Waals surface area contributed by atoms with E-state index in [1.54, 1.807) is 12.3 Å². The van der Waals surface area contributed by atoms with Crippen molar-refractivity contribution in [3.05, 3.63) is 41.0 Å². The zero-order valence-corrected chi connectivity index (χ0v) is 18.4. The molecule has 1 aliphatic heterocycles. The van der Waals surface area contributed by atoms with Gasteiger partial charge in [-0.3, -0.25) is 4.79 Å². The normalized spacial score (nSPS) is 20.2. The summed E-state index contributed by atoms with van der Waals surface area (Å²) in [5.41, 5.74) is 3.33. The highest BCUT2D eigenvalue weighted by Gasteiger charge is 2.45. The van der Waals surface area contributed by atoms with Gasteiger partial charge in [0.2, 0.25) is 17.6 Å². The van der Waals surface area contributed by atoms with Crippen LogP contribution in [0, 0.1) is 12.8 Å². The number of hydrogen-bond donors (Lipinski definition) is 0. The highest BCUT2D eigenvalue weighted by molar-refractivity contribution is 6.32. The van der Waals surface area contributed by atoms with Gasteiger partial charge in [-0.05, 0) is 63.8 Å². The minimum atomic E-state index is -0.0272. The van der Waals surface area contributed by atoms with E-state index in [0.29, 0.717) is 34.2 Å². The van der Waals surface area contributed by atoms with E-state index in [1.807, 2.05) is 43.9 Å². The van der Waals surface area contributed by atoms with Gasteiger partial charge in [-0.15, -0.1) is 0 Å². The molecule has 0 spiro atoms. The number of piperidine rings is 1. The molecule has 5 rings (SSSR count). The summed E-state index contributed by atoms with van der Waals surface area (Å²) in [6.07, 6.45) is 4.61. The fourth-order valence-electron chi connectivity index (χ4n) is 4.53. The number of amides is 1. The number of fused-ring (bicyclic) bond motifs is 2. The summed E-state index contributed by atoms with van der Waals surface area (Å²) in [5, 5.41) is 4.50. The molecule has 3 aromatic rings. The van der Waals surface area contributed by atoms with Gasteiger partial charge in [0.1, 0.15) is 5.02 Å². The number of nitrogens with zero attached hydrogens (tertiary/aromatic N) is 4. The van der Waals surface area contributed by atoms with Crippen LogP contribution in [-0.2, 0) is 4.79 Å². The van der Waals surface area contributed by atoms with Crippen LogP contribution < -0.4 is 9.64 Å². The van der Waals surface area contributed by atoms with E-state index in [2.05, 4.69) is 15.1 Å². The molecule has 1 saturated carbocycles. The highest BCUT2D eigenvalue weighted by atomic mass is 35.5. The summed E-state index contributed by atoms with van der Waals surface area (Å²) < 4.78 is 11.1. The highest BCUT2D eigenvalue weighted by Crippen LogP contribution is 2.43. The largest absolute Gasteiger partial charge is 0.474 e. The molecule has 2 aromatic heterocycles. The fraction of sp³-hybridized carbons (Fsp3) is 0.391. The van der Waals surface area contributed by atoms with E-state index < -0.39 is 0 Å². The monoisotopic (exact) mass is 438 g/mol. The summed E-state index contributed by atoms with van der Waals surface area (Å²) in [6.45, 7) is 5.81. The van der Waals surface area contributed by atoms with Crippen LogP contribution in [0.3, 0.4) is 0 Å². The molecule has 2 bridgehead atoms. The van der Waals surface area contributed by atoms with E-state index in [9.17, 15) is 4.79 Å². The summed E-state index contributed by atoms with van der Waals surface area (Å²) in [4.78, 5) is 23.5. The van der Waals surface area contributed by atoms with Crippen LogP contribution in [0.2, 0.25) is 5.02 Å². The Hall–Kier alpha value is -2.93. The number of anilines is 1. The number of aromatic nitrogens is 3. The molecule has 0 radical (unpaired) electrons. The van der Waals surface area contributed by atoms with Crippen LogP contribution in [0.5, 0.6) is 5.88 Å². The smallest absolute Gasteiger partial charge is 0.258 e. The number of benzene rings is 1. The molecule has 7 nitrogen and oxygen atoms in total. The van der Waals surface area contributed by atoms with Gasteiger partial charge in [-0.25, -0.2) is 4.98 Å². The average molecular weight is 439 g/mol. The Morgan fingerprint density at radius 2 is 2.13 bits per heavy atom. The molecule has 2 aliphatic rings. The second kappa shape index (κ2) is 7.64. The Bertz CT molecular complexity index is 1160. The number of ether oxygens (including phenoxy) is 1. The van der Waals surface area contributed by atoms with Crippen molar-refractivity contribution in [1.82, 2.24) is 15.1 Å². The van der Waals surface area contributed by atoms with Crippen LogP contribution in [-0.4, -0.2) is 33.2 Å². The Labute approximate surface area is 185 Å². The topological polar surface area (TPSA) is 81.3 Å². The summed E-state index contributed by atoms with van der Waals surface area (Å²) >= 11 is 6.30. The molecule has 2 fully saturated rings. The number of rotatable bonds is 5. The molecular weight excluding hydrogens is 416 g/mol. The van der Waals surface area contributed by atoms with Gasteiger partial charge in [0.05, 0.1) is 6.10 Å². The van der Waals surface area contributed by atoms with Crippen LogP contribution >= 0.6 is 11.6 Å². The van der Waals surface area contributed by atoms with Gasteiger partial charge in [-0.1, -0.05) is 22.8 Å². The van der Waals surface area contributed by atoms with Gasteiger partial charge in [0.25, 0.3) is 5.89 Å². The molecule has 1 amide bonds. The SMILES string of the molecule is Cc1c(-c2nc(-c3cnc(OC(C)C)c(Cl)c3)no2)cccc1N1C(=O)[C@H]2CC[C@@H]1C2. The first-order chi connectivity index (χ1) is 14.9. The van der Waals surface area contributed by atoms with Crippen LogP contribution in [0.1, 0.15) is 38.7 Å². The van der Waals surface area contributed by atoms with E-state index in [1.165, 1.54) is 0 Å². The van der Waals surface area contributed by atoms with Crippen molar-refractivity contribution in [3.63, 3.8) is 0 Å². The predicted octanol–water partition coefficient (Wildman–Crippen LogP) is 5.06. The van der Waals surface area contributed by atoms with Crippen molar-refractivity contribution in [1.29, 1.82) is 0 Å². The molecule has 31 heavy (non-hydrogen) atoms. The number of halogens is 1. The minimum Gasteiger partial charge on any atom is -0.474 e. The lowest BCUT2D eigenvalue weighted by atomic mass is 10.0. The molecule has 1 saturated heterocycles. The van der Waals surface area contributed by atoms with E-state index in [-0.39, 0.29) is 17.9 Å². The van der Waals surface area contributed by atoms with Gasteiger partial charge < -0.3 is 14.2 Å². The molecule has 1 aromatic carbocycles. The van der Waals surface area contributed by atoms with Crippen LogP contribution in [0.4, 0.5) is 5.69 Å². The summed E-state index contributed by atoms with van der Waals surface area (Å²) in [5.74, 6) is 1.55. The van der Waals surface area contributed by atoms with E-state index >= 15 is 0 Å². The number of carbonyl (C=O) groups is 1. The molecule has 2 atom stereocenters. The predicted molar refractivity (Wildman–Crippen MR) is 117 cm³/mol. The maximum atomic E-state index is 12.7. The maximum absolute atomic E-state index is 12.7. The zero-order chi connectivity index (χ0) is 21.7. The van der Waals surface area contributed by atoms with Gasteiger partial charge in [-0.2, -0.15) is 4.98 Å². The first kappa shape index (κ1) is 20.0. The molecule has 160 valence electrons. The Morgan fingerprint density at radius 1 is 1.29 bits per heavy atom. The number of hydrogen-bond acceptors (Lipinski definition) is 6. The Balaban J connectivity index is 1.45. The standard InChI is InChI=1S/C23H23ClN4O3/c1-12(2)30-22-18(24)10-15(11-25-22)20-26-21(31-27-20)17-5-4-6-19(13(17)3)28-16-8-7-14(9-16)23(28)29/h4-6,10-12,14,16H,7-9H2,1-3H3/t14-,16+/m0/s1. The Morgan fingerprint density at radius 3 is 2.84 bits per heavy atom. The lowest BCUT2D eigenvalue weighted by Crippen LogP contribution is -2.37. The third kappa shape index (κ3) is 3.47. The molecule has 8 heteroatoms. The first-order valence-electron chi connectivity index (χ1n) is 10.5. The van der Waals surface area contributed by atoms with Gasteiger partial charge in [0.15, 0.2) is 0 Å². The quantitative estimate of drug-likeness (QED) is 0.553. The number of pyridine rings is 1. The molecular formula is C23H23ClN4O3. The molecule has 0 N–H and O–H groups in total. The lowest BCUT2D eigenvalue weighted by Gasteiger charge is -2.29. The van der Waals surface area contributed by atoms with Crippen molar-refractivity contribution >= 4 is 23.2 Å². The zero-order valence-electron chi connectivity index (χ0n) is 17.6. The summed E-state index contributed by atoms with van der Waals surface area (Å²) in [6, 6.07) is 7.86. The second-order valence-electron chi connectivity index (χ2n) is 8.42. The van der Waals surface area contributed by atoms with Gasteiger partial charge in [0, 0.05) is 35.0 Å². The summed E-state index contributed by atoms with van der Waals surface area (Å²) in [7, 11) is 0. The van der Waals surface area contributed by atoms with Crippen LogP contribution in [0.25, 0.3) is 22.8 Å². The molecule has 0 unspecified atom stereocenters. The third-order valence-electron chi connectivity index (χ3n) is 5.99. The lowest BCUT2D eigenvalue weighted by molar-refractivity contribution is -0.121. The van der Waals surface area contributed by atoms with E-state index in [0.717, 1.165) is 36.1 Å². The molecule has 3 heterocycles.